The summed E-state index contributed by atoms with van der Waals surface area (Å²) in [5, 5.41) is 3.28. The number of nitrogens with one attached hydrogen (secondary N) is 1. The highest BCUT2D eigenvalue weighted by Gasteiger charge is 2.07. The van der Waals surface area contributed by atoms with Gasteiger partial charge in [0.25, 0.3) is 0 Å². The zero-order valence-electron chi connectivity index (χ0n) is 12.4. The van der Waals surface area contributed by atoms with E-state index in [-0.39, 0.29) is 5.91 Å². The number of benzene rings is 1. The standard InChI is InChI=1S/C15H23ClN2O2S/c1-2-3-4-9-21(20)10-5-6-15(19)18-14-8-7-12(16)11-13(14)17/h7-8,11H,2-6,9-10,17H2,1H3,(H,18,19). The first-order valence-electron chi connectivity index (χ1n) is 7.22. The molecule has 1 amide bonds. The summed E-state index contributed by atoms with van der Waals surface area (Å²) in [5.74, 6) is 1.20. The van der Waals surface area contributed by atoms with Gasteiger partial charge in [0.15, 0.2) is 0 Å². The van der Waals surface area contributed by atoms with E-state index in [4.69, 9.17) is 17.3 Å². The van der Waals surface area contributed by atoms with Gasteiger partial charge in [0.05, 0.1) is 11.4 Å². The molecule has 0 radical (unpaired) electrons. The smallest absolute Gasteiger partial charge is 0.224 e. The maximum atomic E-state index is 11.8. The molecular weight excluding hydrogens is 308 g/mol. The first-order chi connectivity index (χ1) is 10.0. The topological polar surface area (TPSA) is 72.2 Å². The Morgan fingerprint density at radius 1 is 1.29 bits per heavy atom. The zero-order chi connectivity index (χ0) is 15.7. The van der Waals surface area contributed by atoms with E-state index in [1.807, 2.05) is 0 Å². The summed E-state index contributed by atoms with van der Waals surface area (Å²) in [6.45, 7) is 2.12. The fraction of sp³-hybridized carbons (Fsp3) is 0.533. The number of carbonyl (C=O) groups excluding carboxylic acids is 1. The van der Waals surface area contributed by atoms with E-state index in [0.29, 0.717) is 35.0 Å². The van der Waals surface area contributed by atoms with Crippen LogP contribution in [0.25, 0.3) is 0 Å². The lowest BCUT2D eigenvalue weighted by atomic mass is 10.2. The van der Waals surface area contributed by atoms with Crippen LogP contribution in [0, 0.1) is 0 Å². The second kappa shape index (κ2) is 9.79. The van der Waals surface area contributed by atoms with E-state index in [9.17, 15) is 9.00 Å². The molecule has 0 aliphatic heterocycles. The highest BCUT2D eigenvalue weighted by Crippen LogP contribution is 2.22. The van der Waals surface area contributed by atoms with Gasteiger partial charge in [0, 0.05) is 33.7 Å². The van der Waals surface area contributed by atoms with Crippen LogP contribution in [0.5, 0.6) is 0 Å². The average Bonchev–Trinajstić information content (AvgIpc) is 2.42. The maximum Gasteiger partial charge on any atom is 0.224 e. The molecule has 0 saturated carbocycles. The Morgan fingerprint density at radius 2 is 2.00 bits per heavy atom. The van der Waals surface area contributed by atoms with Crippen molar-refractivity contribution in [1.29, 1.82) is 0 Å². The molecule has 0 saturated heterocycles. The Bertz CT molecular complexity index is 495. The quantitative estimate of drug-likeness (QED) is 0.537. The Hall–Kier alpha value is -1.07. The molecule has 0 heterocycles. The van der Waals surface area contributed by atoms with Crippen LogP contribution < -0.4 is 11.1 Å². The molecule has 0 aromatic heterocycles. The monoisotopic (exact) mass is 330 g/mol. The van der Waals surface area contributed by atoms with Crippen molar-refractivity contribution in [2.24, 2.45) is 0 Å². The van der Waals surface area contributed by atoms with Gasteiger partial charge in [-0.2, -0.15) is 0 Å². The number of hydrogen-bond acceptors (Lipinski definition) is 3. The average molecular weight is 331 g/mol. The van der Waals surface area contributed by atoms with Crippen LogP contribution in [-0.2, 0) is 15.6 Å². The molecule has 1 rings (SSSR count). The van der Waals surface area contributed by atoms with Gasteiger partial charge < -0.3 is 11.1 Å². The van der Waals surface area contributed by atoms with Crippen molar-refractivity contribution in [3.63, 3.8) is 0 Å². The second-order valence-corrected chi connectivity index (χ2v) is 7.07. The normalized spacial score (nSPS) is 12.1. The number of rotatable bonds is 9. The molecule has 6 heteroatoms. The molecule has 0 spiro atoms. The molecule has 0 aliphatic carbocycles. The SMILES string of the molecule is CCCCCS(=O)CCCC(=O)Nc1ccc(Cl)cc1N. The van der Waals surface area contributed by atoms with E-state index in [2.05, 4.69) is 12.2 Å². The molecule has 21 heavy (non-hydrogen) atoms. The third kappa shape index (κ3) is 7.48. The minimum Gasteiger partial charge on any atom is -0.397 e. The maximum absolute atomic E-state index is 11.8. The predicted octanol–water partition coefficient (Wildman–Crippen LogP) is 3.58. The minimum absolute atomic E-state index is 0.116. The van der Waals surface area contributed by atoms with Crippen molar-refractivity contribution >= 4 is 39.7 Å². The van der Waals surface area contributed by atoms with Gasteiger partial charge in [-0.05, 0) is 31.0 Å². The van der Waals surface area contributed by atoms with Crippen molar-refractivity contribution in [1.82, 2.24) is 0 Å². The van der Waals surface area contributed by atoms with Gasteiger partial charge in [-0.25, -0.2) is 0 Å². The van der Waals surface area contributed by atoms with Crippen LogP contribution in [0.1, 0.15) is 39.0 Å². The van der Waals surface area contributed by atoms with Crippen LogP contribution in [0.3, 0.4) is 0 Å². The first kappa shape index (κ1) is 18.0. The molecule has 0 fully saturated rings. The summed E-state index contributed by atoms with van der Waals surface area (Å²) in [6, 6.07) is 4.95. The third-order valence-electron chi connectivity index (χ3n) is 3.04. The largest absolute Gasteiger partial charge is 0.397 e. The molecule has 1 aromatic carbocycles. The second-order valence-electron chi connectivity index (χ2n) is 4.94. The van der Waals surface area contributed by atoms with Crippen LogP contribution in [0.15, 0.2) is 18.2 Å². The highest BCUT2D eigenvalue weighted by molar-refractivity contribution is 7.84. The summed E-state index contributed by atoms with van der Waals surface area (Å²) in [4.78, 5) is 11.8. The van der Waals surface area contributed by atoms with Crippen LogP contribution >= 0.6 is 11.6 Å². The van der Waals surface area contributed by atoms with E-state index in [1.165, 1.54) is 0 Å². The number of anilines is 2. The summed E-state index contributed by atoms with van der Waals surface area (Å²) >= 11 is 5.80. The van der Waals surface area contributed by atoms with Crippen LogP contribution in [0.4, 0.5) is 11.4 Å². The van der Waals surface area contributed by atoms with Gasteiger partial charge in [0.1, 0.15) is 0 Å². The lowest BCUT2D eigenvalue weighted by molar-refractivity contribution is -0.116. The molecule has 0 aliphatic rings. The third-order valence-corrected chi connectivity index (χ3v) is 4.76. The van der Waals surface area contributed by atoms with Crippen molar-refractivity contribution in [3.8, 4) is 0 Å². The number of amides is 1. The Kier molecular flexibility index (Phi) is 8.38. The molecule has 1 atom stereocenters. The number of halogens is 1. The van der Waals surface area contributed by atoms with Crippen molar-refractivity contribution in [2.75, 3.05) is 22.6 Å². The van der Waals surface area contributed by atoms with E-state index in [1.54, 1.807) is 18.2 Å². The van der Waals surface area contributed by atoms with E-state index < -0.39 is 10.8 Å². The fourth-order valence-corrected chi connectivity index (χ4v) is 3.25. The van der Waals surface area contributed by atoms with Crippen molar-refractivity contribution < 1.29 is 9.00 Å². The van der Waals surface area contributed by atoms with Gasteiger partial charge in [-0.3, -0.25) is 9.00 Å². The summed E-state index contributed by atoms with van der Waals surface area (Å²) < 4.78 is 11.7. The molecule has 4 nitrogen and oxygen atoms in total. The number of carbonyl (C=O) groups is 1. The molecule has 1 unspecified atom stereocenters. The summed E-state index contributed by atoms with van der Waals surface area (Å²) in [5.41, 5.74) is 6.77. The molecule has 118 valence electrons. The lowest BCUT2D eigenvalue weighted by Crippen LogP contribution is -2.14. The minimum atomic E-state index is -0.814. The Labute approximate surface area is 133 Å². The fourth-order valence-electron chi connectivity index (χ4n) is 1.87. The van der Waals surface area contributed by atoms with Crippen LogP contribution in [0.2, 0.25) is 5.02 Å². The lowest BCUT2D eigenvalue weighted by Gasteiger charge is -2.08. The Balaban J connectivity index is 2.26. The van der Waals surface area contributed by atoms with E-state index >= 15 is 0 Å². The number of unbranched alkanes of at least 4 members (excludes halogenated alkanes) is 2. The highest BCUT2D eigenvalue weighted by atomic mass is 35.5. The first-order valence-corrected chi connectivity index (χ1v) is 9.09. The van der Waals surface area contributed by atoms with Crippen LogP contribution in [-0.4, -0.2) is 21.6 Å². The van der Waals surface area contributed by atoms with Gasteiger partial charge >= 0.3 is 0 Å². The van der Waals surface area contributed by atoms with Gasteiger partial charge in [0.2, 0.25) is 5.91 Å². The Morgan fingerprint density at radius 3 is 2.67 bits per heavy atom. The number of nitrogen functional groups attached to an aromatic ring is 1. The van der Waals surface area contributed by atoms with Crippen molar-refractivity contribution in [3.05, 3.63) is 23.2 Å². The number of hydrogen-bond donors (Lipinski definition) is 2. The summed E-state index contributed by atoms with van der Waals surface area (Å²) in [6.07, 6.45) is 4.21. The predicted molar refractivity (Wildman–Crippen MR) is 91.1 cm³/mol. The summed E-state index contributed by atoms with van der Waals surface area (Å²) in [7, 11) is -0.814. The van der Waals surface area contributed by atoms with E-state index in [0.717, 1.165) is 25.0 Å². The van der Waals surface area contributed by atoms with Gasteiger partial charge in [-0.1, -0.05) is 31.4 Å². The zero-order valence-corrected chi connectivity index (χ0v) is 13.9. The molecular formula is C15H23ClN2O2S. The molecule has 3 N–H and O–H groups in total. The molecule has 1 aromatic rings. The molecule has 0 bridgehead atoms. The van der Waals surface area contributed by atoms with Gasteiger partial charge in [-0.15, -0.1) is 0 Å². The van der Waals surface area contributed by atoms with Crippen molar-refractivity contribution in [2.45, 2.75) is 39.0 Å². The number of nitrogens with two attached hydrogens (primary N) is 1.